The third kappa shape index (κ3) is 10.0. The minimum absolute atomic E-state index is 0. The van der Waals surface area contributed by atoms with Crippen LogP contribution in [0.25, 0.3) is 110 Å². The summed E-state index contributed by atoms with van der Waals surface area (Å²) in [6.07, 6.45) is 11.0. The number of benzene rings is 7. The van der Waals surface area contributed by atoms with Crippen LogP contribution in [0.5, 0.6) is 11.5 Å². The maximum Gasteiger partial charge on any atom is 2.00 e. The van der Waals surface area contributed by atoms with Gasteiger partial charge in [0.05, 0.1) is 45.9 Å². The molecule has 0 amide bonds. The van der Waals surface area contributed by atoms with Gasteiger partial charge in [-0.1, -0.05) is 135 Å². The molecule has 0 unspecified atom stereocenters. The fourth-order valence-corrected chi connectivity index (χ4v) is 16.0. The maximum absolute atomic E-state index is 6.21. The second-order valence-corrected chi connectivity index (χ2v) is 25.0. The van der Waals surface area contributed by atoms with Gasteiger partial charge in [-0.25, -0.2) is 9.97 Å². The molecule has 0 spiro atoms. The van der Waals surface area contributed by atoms with Crippen LogP contribution in [0.3, 0.4) is 0 Å². The van der Waals surface area contributed by atoms with Crippen molar-refractivity contribution in [2.45, 2.75) is 132 Å². The Balaban J connectivity index is 0.00000709. The van der Waals surface area contributed by atoms with Crippen LogP contribution in [0.4, 0.5) is 0 Å². The Labute approximate surface area is 530 Å². The number of allylic oxidation sites excluding steroid dienone is 4. The van der Waals surface area contributed by atoms with Crippen molar-refractivity contribution in [2.24, 2.45) is 0 Å². The summed E-state index contributed by atoms with van der Waals surface area (Å²) >= 11 is 8.06. The smallest absolute Gasteiger partial charge is 0.657 e. The summed E-state index contributed by atoms with van der Waals surface area (Å²) in [6.45, 7) is 18.2. The van der Waals surface area contributed by atoms with E-state index in [1.807, 2.05) is 0 Å². The topological polar surface area (TPSA) is 72.4 Å². The van der Waals surface area contributed by atoms with Crippen molar-refractivity contribution in [1.29, 1.82) is 0 Å². The molecule has 6 aliphatic rings. The van der Waals surface area contributed by atoms with Crippen molar-refractivity contribution in [3.8, 4) is 33.8 Å². The minimum Gasteiger partial charge on any atom is -0.657 e. The van der Waals surface area contributed by atoms with Crippen molar-refractivity contribution >= 4 is 119 Å². The molecular weight excluding hydrogens is 1230 g/mol. The van der Waals surface area contributed by atoms with Crippen molar-refractivity contribution in [3.05, 3.63) is 185 Å². The minimum atomic E-state index is 0. The number of aryl methyl sites for hydroxylation is 6. The Morgan fingerprint density at radius 1 is 0.459 bits per heavy atom. The maximum atomic E-state index is 6.21. The molecule has 0 fully saturated rings. The van der Waals surface area contributed by atoms with Crippen molar-refractivity contribution in [1.82, 2.24) is 19.9 Å². The molecule has 0 saturated heterocycles. The first-order valence-corrected chi connectivity index (χ1v) is 32.1. The SMILES string of the molecule is CCC1=C(C)c2nc1cc1[n-]c(c(C)c1CC)c1c3nc(cc4[n-]c(c(C)c4CC)c2-c2cccc4cc5ccc(cc5cc24)CCCCc2c(Br)c(OC)c(c(Br)c2OC)CCCCc2ccc4cc5cccc-1c5cc4c2)C(CC)=C3C.[Zn+2]. The average molecular weight is 1300 g/mol. The van der Waals surface area contributed by atoms with Gasteiger partial charge >= 0.3 is 19.5 Å². The molecule has 16 rings (SSSR count). The van der Waals surface area contributed by atoms with Gasteiger partial charge in [-0.2, -0.15) is 0 Å². The van der Waals surface area contributed by atoms with Gasteiger partial charge in [0.15, 0.2) is 0 Å². The van der Waals surface area contributed by atoms with Gasteiger partial charge in [0, 0.05) is 11.1 Å². The first-order chi connectivity index (χ1) is 40.9. The second-order valence-electron chi connectivity index (χ2n) is 23.4. The monoisotopic (exact) mass is 1290 g/mol. The summed E-state index contributed by atoms with van der Waals surface area (Å²) in [4.78, 5) is 23.3. The van der Waals surface area contributed by atoms with E-state index in [-0.39, 0.29) is 19.5 Å². The summed E-state index contributed by atoms with van der Waals surface area (Å²) in [7, 11) is 3.57. The van der Waals surface area contributed by atoms with E-state index in [1.54, 1.807) is 14.2 Å². The summed E-state index contributed by atoms with van der Waals surface area (Å²) in [6, 6.07) is 41.8. The van der Waals surface area contributed by atoms with Crippen LogP contribution < -0.4 is 19.4 Å². The summed E-state index contributed by atoms with van der Waals surface area (Å²) < 4.78 is 14.4. The van der Waals surface area contributed by atoms with Gasteiger partial charge < -0.3 is 19.4 Å². The largest absolute Gasteiger partial charge is 2.00 e. The summed E-state index contributed by atoms with van der Waals surface area (Å²) in [5.41, 5.74) is 26.8. The predicted octanol–water partition coefficient (Wildman–Crippen LogP) is 20.9. The van der Waals surface area contributed by atoms with E-state index in [9.17, 15) is 0 Å². The van der Waals surface area contributed by atoms with Crippen LogP contribution in [0.1, 0.15) is 147 Å². The van der Waals surface area contributed by atoms with E-state index in [1.165, 1.54) is 98.8 Å². The molecule has 0 radical (unpaired) electrons. The molecule has 0 N–H and O–H groups in total. The number of nitrogens with zero attached hydrogens (tertiary/aromatic N) is 4. The molecule has 9 heteroatoms. The Morgan fingerprint density at radius 3 is 1.26 bits per heavy atom. The van der Waals surface area contributed by atoms with E-state index in [4.69, 9.17) is 29.4 Å². The van der Waals surface area contributed by atoms with E-state index < -0.39 is 0 Å². The van der Waals surface area contributed by atoms with Gasteiger partial charge in [-0.05, 0) is 260 Å². The number of hydrogen-bond acceptors (Lipinski definition) is 4. The molecule has 6 nitrogen and oxygen atoms in total. The Bertz CT molecular complexity index is 4360. The van der Waals surface area contributed by atoms with Crippen molar-refractivity contribution in [2.75, 3.05) is 14.2 Å². The van der Waals surface area contributed by atoms with Crippen molar-refractivity contribution in [3.63, 3.8) is 0 Å². The Hall–Kier alpha value is -6.64. The fourth-order valence-electron chi connectivity index (χ4n) is 14.4. The van der Waals surface area contributed by atoms with Crippen LogP contribution in [-0.2, 0) is 58.0 Å². The first-order valence-electron chi connectivity index (χ1n) is 30.5. The van der Waals surface area contributed by atoms with Crippen LogP contribution in [0.15, 0.2) is 118 Å². The van der Waals surface area contributed by atoms with Crippen LogP contribution >= 0.6 is 31.9 Å². The van der Waals surface area contributed by atoms with Crippen LogP contribution in [-0.4, -0.2) is 24.2 Å². The average Bonchev–Trinajstić information content (AvgIpc) is 4.40. The van der Waals surface area contributed by atoms with E-state index in [0.717, 1.165) is 176 Å². The van der Waals surface area contributed by atoms with E-state index >= 15 is 0 Å². The molecule has 3 aromatic heterocycles. The number of methoxy groups -OCH3 is 2. The van der Waals surface area contributed by atoms with Gasteiger partial charge in [-0.3, -0.25) is 0 Å². The molecule has 0 aliphatic carbocycles. The molecule has 424 valence electrons. The molecule has 7 aromatic carbocycles. The zero-order valence-corrected chi connectivity index (χ0v) is 57.1. The number of halogens is 2. The predicted molar refractivity (Wildman–Crippen MR) is 362 cm³/mol. The molecule has 0 atom stereocenters. The number of ether oxygens (including phenoxy) is 2. The van der Waals surface area contributed by atoms with Gasteiger partial charge in [0.2, 0.25) is 0 Å². The van der Waals surface area contributed by atoms with Crippen LogP contribution in [0.2, 0.25) is 0 Å². The number of hydrogen-bond donors (Lipinski definition) is 0. The molecule has 18 bridgehead atoms. The van der Waals surface area contributed by atoms with Crippen molar-refractivity contribution < 1.29 is 29.0 Å². The molecule has 9 heterocycles. The Kier molecular flexibility index (Phi) is 16.5. The quantitative estimate of drug-likeness (QED) is 0.122. The standard InChI is InChI=1S/C76H72Br2N4O2.Zn/c1-11-53-41(5)71-67-57-27-19-23-49-35-47-31-29-45(33-51(47)37-61(49)57)21-15-17-25-59-69(77)76(84-10)60(70(78)75(59)83-9)26-18-16-22-46-30-32-48-36-50-24-20-28-58(62(50)38-52(48)34-46)68(73-42(6)54(12-2)64(80-73)39-63(53)79-71)74-44(8)56(14-4)66(82-74)40-65-55(13-3)43(7)72(67)81-65;/h19-20,23-24,27-40H,11-18,21-22,25-26H2,1-10H3;/q-2;+2. The number of aromatic nitrogens is 4. The molecular formula is C76H72Br2N4O2Zn. The molecule has 6 aliphatic heterocycles. The van der Waals surface area contributed by atoms with E-state index in [2.05, 4.69) is 196 Å². The zero-order valence-electron chi connectivity index (χ0n) is 50.9. The number of rotatable bonds is 6. The molecule has 0 saturated carbocycles. The third-order valence-corrected chi connectivity index (χ3v) is 20.5. The van der Waals surface area contributed by atoms with Gasteiger partial charge in [-0.15, -0.1) is 22.1 Å². The molecule has 85 heavy (non-hydrogen) atoms. The fraction of sp³-hybridized carbons (Fsp3) is 0.289. The van der Waals surface area contributed by atoms with Gasteiger partial charge in [0.25, 0.3) is 0 Å². The van der Waals surface area contributed by atoms with E-state index in [0.29, 0.717) is 0 Å². The Morgan fingerprint density at radius 2 is 0.871 bits per heavy atom. The van der Waals surface area contributed by atoms with Gasteiger partial charge in [0.1, 0.15) is 11.5 Å². The first kappa shape index (κ1) is 58.7. The third-order valence-electron chi connectivity index (χ3n) is 18.8. The normalized spacial score (nSPS) is 14.0. The zero-order chi connectivity index (χ0) is 58.2. The molecule has 10 aromatic rings. The second kappa shape index (κ2) is 23.9. The summed E-state index contributed by atoms with van der Waals surface area (Å²) in [5.74, 6) is 1.77. The summed E-state index contributed by atoms with van der Waals surface area (Å²) in [5, 5.41) is 9.66. The van der Waals surface area contributed by atoms with Crippen LogP contribution in [0, 0.1) is 13.8 Å².